The van der Waals surface area contributed by atoms with Crippen molar-refractivity contribution in [2.75, 3.05) is 0 Å². The van der Waals surface area contributed by atoms with Gasteiger partial charge in [-0.25, -0.2) is 0 Å². The molecule has 0 aliphatic heterocycles. The summed E-state index contributed by atoms with van der Waals surface area (Å²) in [6, 6.07) is 8.31. The van der Waals surface area contributed by atoms with Gasteiger partial charge in [-0.15, -0.1) is 0 Å². The third kappa shape index (κ3) is 1.97. The van der Waals surface area contributed by atoms with Crippen molar-refractivity contribution in [2.45, 2.75) is 32.1 Å². The third-order valence-electron chi connectivity index (χ3n) is 2.66. The summed E-state index contributed by atoms with van der Waals surface area (Å²) in [4.78, 5) is 11.4. The van der Waals surface area contributed by atoms with Gasteiger partial charge in [-0.05, 0) is 30.4 Å². The van der Waals surface area contributed by atoms with E-state index in [2.05, 4.69) is 18.2 Å². The Morgan fingerprint density at radius 3 is 2.46 bits per heavy atom. The van der Waals surface area contributed by atoms with Gasteiger partial charge < -0.3 is 0 Å². The Morgan fingerprint density at radius 1 is 0.923 bits per heavy atom. The second kappa shape index (κ2) is 3.73. The summed E-state index contributed by atoms with van der Waals surface area (Å²) in [6.07, 6.45) is 4.78. The highest BCUT2D eigenvalue weighted by molar-refractivity contribution is 5.81. The number of rotatable bonds is 0. The summed E-state index contributed by atoms with van der Waals surface area (Å²) in [5, 5.41) is 0. The summed E-state index contributed by atoms with van der Waals surface area (Å²) in [6.45, 7) is 0. The molecule has 0 heterocycles. The Kier molecular flexibility index (Phi) is 2.44. The minimum atomic E-state index is 0.396. The number of aryl methyl sites for hydroxylation is 1. The van der Waals surface area contributed by atoms with Gasteiger partial charge in [-0.1, -0.05) is 24.3 Å². The van der Waals surface area contributed by atoms with Crippen molar-refractivity contribution in [3.8, 4) is 0 Å². The molecular formula is C12H14O. The Morgan fingerprint density at radius 2 is 1.62 bits per heavy atom. The average molecular weight is 174 g/mol. The average Bonchev–Trinajstić information content (AvgIpc) is 2.11. The number of carbonyl (C=O) groups excluding carboxylic acids is 1. The smallest absolute Gasteiger partial charge is 0.137 e. The number of fused-ring (bicyclic) bond motifs is 1. The fraction of sp³-hybridized carbons (Fsp3) is 0.417. The van der Waals surface area contributed by atoms with Gasteiger partial charge in [-0.3, -0.25) is 4.79 Å². The molecule has 0 fully saturated rings. The topological polar surface area (TPSA) is 17.1 Å². The first-order chi connectivity index (χ1) is 6.36. The van der Waals surface area contributed by atoms with Crippen LogP contribution in [0.15, 0.2) is 24.3 Å². The van der Waals surface area contributed by atoms with E-state index < -0.39 is 0 Å². The molecule has 0 amide bonds. The van der Waals surface area contributed by atoms with Crippen LogP contribution < -0.4 is 0 Å². The van der Waals surface area contributed by atoms with Crippen molar-refractivity contribution in [3.05, 3.63) is 35.4 Å². The van der Waals surface area contributed by atoms with Crippen molar-refractivity contribution in [1.29, 1.82) is 0 Å². The molecule has 2 rings (SSSR count). The zero-order valence-corrected chi connectivity index (χ0v) is 7.75. The van der Waals surface area contributed by atoms with Gasteiger partial charge in [0.25, 0.3) is 0 Å². The molecule has 1 heteroatoms. The molecule has 0 bridgehead atoms. The molecule has 1 aliphatic rings. The maximum atomic E-state index is 11.4. The first-order valence-corrected chi connectivity index (χ1v) is 4.95. The number of carbonyl (C=O) groups is 1. The van der Waals surface area contributed by atoms with Crippen LogP contribution in [0, 0.1) is 0 Å². The van der Waals surface area contributed by atoms with E-state index in [9.17, 15) is 4.79 Å². The molecule has 1 aromatic rings. The van der Waals surface area contributed by atoms with Gasteiger partial charge in [0, 0.05) is 12.8 Å². The summed E-state index contributed by atoms with van der Waals surface area (Å²) in [7, 11) is 0. The van der Waals surface area contributed by atoms with Crippen molar-refractivity contribution >= 4 is 5.78 Å². The number of Topliss-reactive ketones (excluding diaryl/α,β-unsaturated/α-hetero) is 1. The van der Waals surface area contributed by atoms with E-state index >= 15 is 0 Å². The van der Waals surface area contributed by atoms with Crippen LogP contribution in [0.25, 0.3) is 0 Å². The van der Waals surface area contributed by atoms with E-state index in [0.717, 1.165) is 25.7 Å². The van der Waals surface area contributed by atoms with Crippen LogP contribution in [-0.2, 0) is 17.6 Å². The number of benzene rings is 1. The first-order valence-electron chi connectivity index (χ1n) is 4.95. The highest BCUT2D eigenvalue weighted by atomic mass is 16.1. The Bertz CT molecular complexity index is 315. The molecule has 0 radical (unpaired) electrons. The highest BCUT2D eigenvalue weighted by Gasteiger charge is 2.10. The van der Waals surface area contributed by atoms with E-state index in [1.54, 1.807) is 0 Å². The minimum Gasteiger partial charge on any atom is -0.299 e. The van der Waals surface area contributed by atoms with Crippen LogP contribution in [-0.4, -0.2) is 5.78 Å². The minimum absolute atomic E-state index is 0.396. The van der Waals surface area contributed by atoms with Gasteiger partial charge in [0.05, 0.1) is 0 Å². The number of hydrogen-bond donors (Lipinski definition) is 0. The Hall–Kier alpha value is -1.11. The van der Waals surface area contributed by atoms with Crippen LogP contribution in [0.1, 0.15) is 30.4 Å². The lowest BCUT2D eigenvalue weighted by molar-refractivity contribution is -0.118. The Labute approximate surface area is 78.8 Å². The molecule has 1 aromatic carbocycles. The number of ketones is 1. The summed E-state index contributed by atoms with van der Waals surface area (Å²) in [5.41, 5.74) is 2.61. The zero-order chi connectivity index (χ0) is 9.10. The van der Waals surface area contributed by atoms with E-state index in [-0.39, 0.29) is 0 Å². The molecule has 0 N–H and O–H groups in total. The molecule has 0 atom stereocenters. The Balaban J connectivity index is 2.30. The first kappa shape index (κ1) is 8.49. The third-order valence-corrected chi connectivity index (χ3v) is 2.66. The standard InChI is InChI=1S/C12H14O/c13-12-8-4-3-6-10-5-1-2-7-11(10)9-12/h1-2,5,7H,3-4,6,8-9H2. The van der Waals surface area contributed by atoms with Crippen LogP contribution in [0.4, 0.5) is 0 Å². The van der Waals surface area contributed by atoms with Crippen LogP contribution in [0.5, 0.6) is 0 Å². The molecule has 13 heavy (non-hydrogen) atoms. The lowest BCUT2D eigenvalue weighted by Gasteiger charge is -2.12. The lowest BCUT2D eigenvalue weighted by Crippen LogP contribution is -2.08. The molecule has 68 valence electrons. The predicted octanol–water partition coefficient (Wildman–Crippen LogP) is 2.52. The van der Waals surface area contributed by atoms with Crippen molar-refractivity contribution in [3.63, 3.8) is 0 Å². The largest absolute Gasteiger partial charge is 0.299 e. The number of hydrogen-bond acceptors (Lipinski definition) is 1. The fourth-order valence-corrected chi connectivity index (χ4v) is 1.91. The van der Waals surface area contributed by atoms with Crippen LogP contribution >= 0.6 is 0 Å². The van der Waals surface area contributed by atoms with E-state index in [0.29, 0.717) is 12.2 Å². The predicted molar refractivity (Wildman–Crippen MR) is 52.7 cm³/mol. The van der Waals surface area contributed by atoms with Gasteiger partial charge in [0.2, 0.25) is 0 Å². The maximum Gasteiger partial charge on any atom is 0.137 e. The highest BCUT2D eigenvalue weighted by Crippen LogP contribution is 2.17. The SMILES string of the molecule is O=C1CCCCc2ccccc2C1. The molecule has 0 saturated carbocycles. The fourth-order valence-electron chi connectivity index (χ4n) is 1.91. The molecule has 1 nitrogen and oxygen atoms in total. The molecule has 0 unspecified atom stereocenters. The van der Waals surface area contributed by atoms with E-state index in [1.165, 1.54) is 11.1 Å². The van der Waals surface area contributed by atoms with Crippen molar-refractivity contribution in [1.82, 2.24) is 0 Å². The molecule has 1 aliphatic carbocycles. The van der Waals surface area contributed by atoms with Gasteiger partial charge in [0.1, 0.15) is 5.78 Å². The van der Waals surface area contributed by atoms with Gasteiger partial charge in [-0.2, -0.15) is 0 Å². The molecule has 0 aromatic heterocycles. The quantitative estimate of drug-likeness (QED) is 0.590. The summed E-state index contributed by atoms with van der Waals surface area (Å²) < 4.78 is 0. The zero-order valence-electron chi connectivity index (χ0n) is 7.75. The molecule has 0 saturated heterocycles. The van der Waals surface area contributed by atoms with E-state index in [1.807, 2.05) is 6.07 Å². The summed E-state index contributed by atoms with van der Waals surface area (Å²) >= 11 is 0. The second-order valence-electron chi connectivity index (χ2n) is 3.69. The van der Waals surface area contributed by atoms with E-state index in [4.69, 9.17) is 0 Å². The monoisotopic (exact) mass is 174 g/mol. The lowest BCUT2D eigenvalue weighted by atomic mass is 9.93. The van der Waals surface area contributed by atoms with Crippen LogP contribution in [0.3, 0.4) is 0 Å². The second-order valence-corrected chi connectivity index (χ2v) is 3.69. The van der Waals surface area contributed by atoms with Gasteiger partial charge >= 0.3 is 0 Å². The maximum absolute atomic E-state index is 11.4. The molecular weight excluding hydrogens is 160 g/mol. The summed E-state index contributed by atoms with van der Waals surface area (Å²) in [5.74, 6) is 0.396. The van der Waals surface area contributed by atoms with Crippen LogP contribution in [0.2, 0.25) is 0 Å². The normalized spacial score (nSPS) is 17.4. The van der Waals surface area contributed by atoms with Gasteiger partial charge in [0.15, 0.2) is 0 Å². The molecule has 0 spiro atoms. The van der Waals surface area contributed by atoms with Crippen molar-refractivity contribution in [2.24, 2.45) is 0 Å². The van der Waals surface area contributed by atoms with Crippen molar-refractivity contribution < 1.29 is 4.79 Å².